The van der Waals surface area contributed by atoms with Gasteiger partial charge in [0.25, 0.3) is 0 Å². The normalized spacial score (nSPS) is 10.6. The van der Waals surface area contributed by atoms with Crippen LogP contribution in [-0.4, -0.2) is 18.2 Å². The van der Waals surface area contributed by atoms with Gasteiger partial charge in [0.2, 0.25) is 0 Å². The Morgan fingerprint density at radius 1 is 1.06 bits per heavy atom. The lowest BCUT2D eigenvalue weighted by Crippen LogP contribution is -2.05. The largest absolute Gasteiger partial charge is 0.493 e. The molecular weight excluding hydrogens is 505 g/mol. The van der Waals surface area contributed by atoms with Crippen molar-refractivity contribution < 1.29 is 19.4 Å². The summed E-state index contributed by atoms with van der Waals surface area (Å²) in [5.74, 6) is 0.169. The van der Waals surface area contributed by atoms with Gasteiger partial charge >= 0.3 is 5.97 Å². The average molecular weight is 525 g/mol. The molecule has 0 amide bonds. The molecule has 3 aromatic rings. The first-order valence-corrected chi connectivity index (χ1v) is 10.8. The number of aromatic carboxylic acids is 1. The van der Waals surface area contributed by atoms with Crippen LogP contribution in [0.1, 0.15) is 27.0 Å². The Hall–Kier alpha value is -2.41. The third-order valence-electron chi connectivity index (χ3n) is 4.68. The molecule has 0 aliphatic rings. The van der Waals surface area contributed by atoms with E-state index in [0.717, 1.165) is 26.9 Å². The van der Waals surface area contributed by atoms with Gasteiger partial charge in [-0.1, -0.05) is 51.3 Å². The first-order chi connectivity index (χ1) is 14.8. The Bertz CT molecular complexity index is 1120. The van der Waals surface area contributed by atoms with Crippen molar-refractivity contribution in [2.75, 3.05) is 12.4 Å². The minimum Gasteiger partial charge on any atom is -0.493 e. The molecule has 0 aliphatic carbocycles. The van der Waals surface area contributed by atoms with Gasteiger partial charge in [-0.15, -0.1) is 0 Å². The van der Waals surface area contributed by atoms with E-state index in [2.05, 4.69) is 21.2 Å². The van der Waals surface area contributed by atoms with Gasteiger partial charge in [-0.2, -0.15) is 0 Å². The molecule has 0 unspecified atom stereocenters. The number of hydrogen-bond acceptors (Lipinski definition) is 4. The maximum Gasteiger partial charge on any atom is 0.335 e. The van der Waals surface area contributed by atoms with Crippen molar-refractivity contribution in [3.05, 3.63) is 85.3 Å². The van der Waals surface area contributed by atoms with Crippen LogP contribution in [0, 0.1) is 6.92 Å². The van der Waals surface area contributed by atoms with Crippen molar-refractivity contribution >= 4 is 50.8 Å². The summed E-state index contributed by atoms with van der Waals surface area (Å²) in [7, 11) is 1.57. The SMILES string of the molecule is COc1cc(CNc2cc(C(=O)O)ccc2C)c(Br)cc1OCc1ccc(Cl)cc1Cl. The van der Waals surface area contributed by atoms with E-state index in [1.54, 1.807) is 37.4 Å². The molecule has 0 aromatic heterocycles. The van der Waals surface area contributed by atoms with Crippen LogP contribution in [-0.2, 0) is 13.2 Å². The monoisotopic (exact) mass is 523 g/mol. The Kier molecular flexibility index (Phi) is 7.70. The highest BCUT2D eigenvalue weighted by molar-refractivity contribution is 9.10. The number of methoxy groups -OCH3 is 1. The molecule has 8 heteroatoms. The van der Waals surface area contributed by atoms with Crippen molar-refractivity contribution in [2.45, 2.75) is 20.1 Å². The van der Waals surface area contributed by atoms with E-state index in [1.165, 1.54) is 0 Å². The molecule has 5 nitrogen and oxygen atoms in total. The van der Waals surface area contributed by atoms with Crippen LogP contribution in [0.25, 0.3) is 0 Å². The van der Waals surface area contributed by atoms with Gasteiger partial charge in [-0.3, -0.25) is 0 Å². The summed E-state index contributed by atoms with van der Waals surface area (Å²) >= 11 is 15.7. The van der Waals surface area contributed by atoms with Crippen LogP contribution in [0.3, 0.4) is 0 Å². The Labute approximate surface area is 199 Å². The van der Waals surface area contributed by atoms with E-state index < -0.39 is 5.97 Å². The summed E-state index contributed by atoms with van der Waals surface area (Å²) in [6, 6.07) is 13.9. The first kappa shape index (κ1) is 23.3. The molecule has 0 heterocycles. The maximum absolute atomic E-state index is 11.2. The van der Waals surface area contributed by atoms with Gasteiger partial charge in [0.05, 0.1) is 12.7 Å². The quantitative estimate of drug-likeness (QED) is 0.333. The lowest BCUT2D eigenvalue weighted by molar-refractivity contribution is 0.0697. The topological polar surface area (TPSA) is 67.8 Å². The van der Waals surface area contributed by atoms with E-state index in [0.29, 0.717) is 28.1 Å². The molecule has 0 radical (unpaired) electrons. The van der Waals surface area contributed by atoms with Gasteiger partial charge in [0, 0.05) is 32.3 Å². The second-order valence-electron chi connectivity index (χ2n) is 6.81. The number of carboxylic acid groups (broad SMARTS) is 1. The van der Waals surface area contributed by atoms with Crippen molar-refractivity contribution in [3.8, 4) is 11.5 Å². The van der Waals surface area contributed by atoms with Gasteiger partial charge in [-0.05, 0) is 54.4 Å². The average Bonchev–Trinajstić information content (AvgIpc) is 2.73. The Balaban J connectivity index is 1.76. The minimum atomic E-state index is -0.965. The van der Waals surface area contributed by atoms with Gasteiger partial charge in [0.15, 0.2) is 11.5 Å². The number of ether oxygens (including phenoxy) is 2. The molecule has 2 N–H and O–H groups in total. The highest BCUT2D eigenvalue weighted by Gasteiger charge is 2.13. The van der Waals surface area contributed by atoms with Crippen LogP contribution >= 0.6 is 39.1 Å². The fraction of sp³-hybridized carbons (Fsp3) is 0.174. The van der Waals surface area contributed by atoms with E-state index in [9.17, 15) is 9.90 Å². The van der Waals surface area contributed by atoms with Gasteiger partial charge in [-0.25, -0.2) is 4.79 Å². The predicted octanol–water partition coefficient (Wildman–Crippen LogP) is 6.96. The number of halogens is 3. The van der Waals surface area contributed by atoms with Crippen LogP contribution in [0.2, 0.25) is 10.0 Å². The highest BCUT2D eigenvalue weighted by Crippen LogP contribution is 2.35. The number of anilines is 1. The summed E-state index contributed by atoms with van der Waals surface area (Å²) in [5.41, 5.74) is 3.67. The molecule has 0 saturated carbocycles. The van der Waals surface area contributed by atoms with Crippen LogP contribution in [0.15, 0.2) is 53.0 Å². The molecule has 31 heavy (non-hydrogen) atoms. The van der Waals surface area contributed by atoms with E-state index >= 15 is 0 Å². The smallest absolute Gasteiger partial charge is 0.335 e. The molecule has 0 atom stereocenters. The number of nitrogens with one attached hydrogen (secondary N) is 1. The molecule has 0 fully saturated rings. The lowest BCUT2D eigenvalue weighted by atomic mass is 10.1. The number of hydrogen-bond donors (Lipinski definition) is 2. The minimum absolute atomic E-state index is 0.231. The van der Waals surface area contributed by atoms with E-state index in [-0.39, 0.29) is 12.2 Å². The fourth-order valence-electron chi connectivity index (χ4n) is 2.92. The Morgan fingerprint density at radius 2 is 1.84 bits per heavy atom. The summed E-state index contributed by atoms with van der Waals surface area (Å²) in [6.07, 6.45) is 0. The number of carboxylic acids is 1. The summed E-state index contributed by atoms with van der Waals surface area (Å²) in [5, 5.41) is 13.6. The van der Waals surface area contributed by atoms with Crippen molar-refractivity contribution in [1.29, 1.82) is 0 Å². The first-order valence-electron chi connectivity index (χ1n) is 9.29. The number of benzene rings is 3. The van der Waals surface area contributed by atoms with Crippen molar-refractivity contribution in [3.63, 3.8) is 0 Å². The fourth-order valence-corrected chi connectivity index (χ4v) is 3.84. The third-order valence-corrected chi connectivity index (χ3v) is 6.01. The molecule has 3 aromatic carbocycles. The maximum atomic E-state index is 11.2. The third kappa shape index (κ3) is 5.85. The van der Waals surface area contributed by atoms with Crippen molar-refractivity contribution in [2.24, 2.45) is 0 Å². The Morgan fingerprint density at radius 3 is 2.52 bits per heavy atom. The second-order valence-corrected chi connectivity index (χ2v) is 8.51. The van der Waals surface area contributed by atoms with Crippen LogP contribution < -0.4 is 14.8 Å². The van der Waals surface area contributed by atoms with E-state index in [1.807, 2.05) is 25.1 Å². The molecule has 0 spiro atoms. The standard InChI is InChI=1S/C23H20BrCl2NO4/c1-13-3-4-14(23(28)29)7-20(13)27-11-16-8-21(30-2)22(10-18(16)24)31-12-15-5-6-17(25)9-19(15)26/h3-10,27H,11-12H2,1-2H3,(H,28,29). The van der Waals surface area contributed by atoms with Crippen molar-refractivity contribution in [1.82, 2.24) is 0 Å². The lowest BCUT2D eigenvalue weighted by Gasteiger charge is -2.16. The van der Waals surface area contributed by atoms with Gasteiger partial charge in [0.1, 0.15) is 6.61 Å². The zero-order chi connectivity index (χ0) is 22.5. The molecule has 0 saturated heterocycles. The number of aryl methyl sites for hydroxylation is 1. The molecular formula is C23H20BrCl2NO4. The van der Waals surface area contributed by atoms with Crippen LogP contribution in [0.5, 0.6) is 11.5 Å². The zero-order valence-corrected chi connectivity index (χ0v) is 19.9. The number of carbonyl (C=O) groups is 1. The summed E-state index contributed by atoms with van der Waals surface area (Å²) in [6.45, 7) is 2.64. The zero-order valence-electron chi connectivity index (χ0n) is 16.8. The number of rotatable bonds is 8. The molecule has 3 rings (SSSR count). The van der Waals surface area contributed by atoms with E-state index in [4.69, 9.17) is 32.7 Å². The summed E-state index contributed by atoms with van der Waals surface area (Å²) < 4.78 is 12.3. The highest BCUT2D eigenvalue weighted by atomic mass is 79.9. The molecule has 0 aliphatic heterocycles. The summed E-state index contributed by atoms with van der Waals surface area (Å²) in [4.78, 5) is 11.2. The van der Waals surface area contributed by atoms with Gasteiger partial charge < -0.3 is 19.9 Å². The molecule has 0 bridgehead atoms. The van der Waals surface area contributed by atoms with Crippen LogP contribution in [0.4, 0.5) is 5.69 Å². The molecule has 162 valence electrons. The second kappa shape index (κ2) is 10.3. The predicted molar refractivity (Wildman–Crippen MR) is 127 cm³/mol.